The number of likely N-dealkylation sites (tertiary alicyclic amines) is 1. The first-order chi connectivity index (χ1) is 14.9. The highest BCUT2D eigenvalue weighted by molar-refractivity contribution is 6.30. The molecule has 7 heteroatoms. The van der Waals surface area contributed by atoms with Crippen molar-refractivity contribution in [3.05, 3.63) is 64.7 Å². The van der Waals surface area contributed by atoms with E-state index in [1.807, 2.05) is 24.3 Å². The predicted molar refractivity (Wildman–Crippen MR) is 118 cm³/mol. The molecule has 164 valence electrons. The molecule has 1 fully saturated rings. The molecule has 1 saturated heterocycles. The van der Waals surface area contributed by atoms with Crippen molar-refractivity contribution >= 4 is 23.4 Å². The molecule has 2 heterocycles. The normalized spacial score (nSPS) is 21.0. The van der Waals surface area contributed by atoms with E-state index in [4.69, 9.17) is 16.3 Å². The number of para-hydroxylation sites is 1. The molecule has 0 aromatic heterocycles. The Morgan fingerprint density at radius 3 is 2.52 bits per heavy atom. The first-order valence-electron chi connectivity index (χ1n) is 10.8. The number of fused-ring (bicyclic) bond motifs is 1. The van der Waals surface area contributed by atoms with E-state index in [0.717, 1.165) is 38.0 Å². The maximum atomic E-state index is 12.3. The van der Waals surface area contributed by atoms with Crippen molar-refractivity contribution in [1.82, 2.24) is 10.2 Å². The Balaban J connectivity index is 1.23. The summed E-state index contributed by atoms with van der Waals surface area (Å²) < 4.78 is 5.83. The van der Waals surface area contributed by atoms with Crippen LogP contribution in [0, 0.1) is 0 Å². The minimum atomic E-state index is -0.798. The molecule has 2 aliphatic rings. The maximum Gasteiger partial charge on any atom is 0.267 e. The van der Waals surface area contributed by atoms with E-state index in [-0.39, 0.29) is 5.91 Å². The van der Waals surface area contributed by atoms with Gasteiger partial charge in [-0.15, -0.1) is 0 Å². The standard InChI is InChI=1S/C24H27ClN2O4/c25-18-10-8-17(9-11-18)24(30)12-15-27(16-13-24)14-4-3-7-21-23(29)26-22(28)19-5-1-2-6-20(19)31-21/h1-2,5-6,8-11,21,30H,3-4,7,12-16H2,(H,26,28,29). The lowest BCUT2D eigenvalue weighted by atomic mass is 9.84. The van der Waals surface area contributed by atoms with Gasteiger partial charge in [-0.2, -0.15) is 0 Å². The molecule has 1 unspecified atom stereocenters. The van der Waals surface area contributed by atoms with Gasteiger partial charge in [-0.05, 0) is 68.5 Å². The van der Waals surface area contributed by atoms with Crippen molar-refractivity contribution < 1.29 is 19.4 Å². The van der Waals surface area contributed by atoms with E-state index in [0.29, 0.717) is 35.6 Å². The molecule has 2 aliphatic heterocycles. The number of hydrogen-bond donors (Lipinski definition) is 2. The molecular weight excluding hydrogens is 416 g/mol. The van der Waals surface area contributed by atoms with Crippen LogP contribution in [0.25, 0.3) is 0 Å². The highest BCUT2D eigenvalue weighted by Gasteiger charge is 2.34. The summed E-state index contributed by atoms with van der Waals surface area (Å²) in [6, 6.07) is 14.4. The number of ether oxygens (including phenoxy) is 1. The van der Waals surface area contributed by atoms with E-state index >= 15 is 0 Å². The lowest BCUT2D eigenvalue weighted by Gasteiger charge is -2.38. The molecule has 0 saturated carbocycles. The molecule has 4 rings (SSSR count). The number of nitrogens with zero attached hydrogens (tertiary/aromatic N) is 1. The van der Waals surface area contributed by atoms with E-state index in [2.05, 4.69) is 10.2 Å². The average Bonchev–Trinajstić information content (AvgIpc) is 2.89. The Morgan fingerprint density at radius 2 is 1.77 bits per heavy atom. The van der Waals surface area contributed by atoms with E-state index < -0.39 is 17.6 Å². The number of rotatable bonds is 6. The van der Waals surface area contributed by atoms with Crippen LogP contribution < -0.4 is 10.1 Å². The van der Waals surface area contributed by atoms with Gasteiger partial charge in [0.2, 0.25) is 0 Å². The summed E-state index contributed by atoms with van der Waals surface area (Å²) in [5.41, 5.74) is 0.510. The zero-order valence-electron chi connectivity index (χ0n) is 17.4. The molecule has 31 heavy (non-hydrogen) atoms. The summed E-state index contributed by atoms with van der Waals surface area (Å²) in [5, 5.41) is 14.1. The Hall–Kier alpha value is -2.41. The fourth-order valence-electron chi connectivity index (χ4n) is 4.27. The Morgan fingerprint density at radius 1 is 1.06 bits per heavy atom. The number of piperidine rings is 1. The topological polar surface area (TPSA) is 78.9 Å². The number of hydrogen-bond acceptors (Lipinski definition) is 5. The molecule has 0 bridgehead atoms. The van der Waals surface area contributed by atoms with Crippen LogP contribution in [0.3, 0.4) is 0 Å². The van der Waals surface area contributed by atoms with Crippen LogP contribution in [0.2, 0.25) is 5.02 Å². The second-order valence-electron chi connectivity index (χ2n) is 8.30. The van der Waals surface area contributed by atoms with Crippen molar-refractivity contribution in [3.63, 3.8) is 0 Å². The molecular formula is C24H27ClN2O4. The molecule has 2 aromatic rings. The number of unbranched alkanes of at least 4 members (excludes halogenated alkanes) is 1. The van der Waals surface area contributed by atoms with Crippen molar-refractivity contribution in [2.24, 2.45) is 0 Å². The Bertz CT molecular complexity index is 939. The highest BCUT2D eigenvalue weighted by Crippen LogP contribution is 2.33. The van der Waals surface area contributed by atoms with Crippen LogP contribution in [0.15, 0.2) is 48.5 Å². The average molecular weight is 443 g/mol. The third kappa shape index (κ3) is 5.09. The molecule has 6 nitrogen and oxygen atoms in total. The van der Waals surface area contributed by atoms with Crippen molar-refractivity contribution in [1.29, 1.82) is 0 Å². The zero-order chi connectivity index (χ0) is 21.8. The summed E-state index contributed by atoms with van der Waals surface area (Å²) in [6.07, 6.45) is 2.98. The van der Waals surface area contributed by atoms with Gasteiger partial charge in [-0.3, -0.25) is 14.9 Å². The van der Waals surface area contributed by atoms with Crippen LogP contribution in [0.5, 0.6) is 5.75 Å². The minimum Gasteiger partial charge on any atom is -0.480 e. The molecule has 2 aromatic carbocycles. The highest BCUT2D eigenvalue weighted by atomic mass is 35.5. The van der Waals surface area contributed by atoms with Gasteiger partial charge in [0, 0.05) is 18.1 Å². The number of carbonyl (C=O) groups excluding carboxylic acids is 2. The largest absolute Gasteiger partial charge is 0.480 e. The van der Waals surface area contributed by atoms with Gasteiger partial charge in [0.15, 0.2) is 6.10 Å². The Kier molecular flexibility index (Phi) is 6.60. The summed E-state index contributed by atoms with van der Waals surface area (Å²) in [4.78, 5) is 26.8. The number of halogens is 1. The second-order valence-corrected chi connectivity index (χ2v) is 8.73. The predicted octanol–water partition coefficient (Wildman–Crippen LogP) is 3.51. The smallest absolute Gasteiger partial charge is 0.267 e. The van der Waals surface area contributed by atoms with Crippen molar-refractivity contribution in [3.8, 4) is 5.75 Å². The van der Waals surface area contributed by atoms with Crippen LogP contribution in [-0.2, 0) is 10.4 Å². The lowest BCUT2D eigenvalue weighted by molar-refractivity contribution is -0.126. The van der Waals surface area contributed by atoms with Gasteiger partial charge in [0.25, 0.3) is 11.8 Å². The van der Waals surface area contributed by atoms with Crippen LogP contribution in [0.1, 0.15) is 48.0 Å². The molecule has 1 atom stereocenters. The summed E-state index contributed by atoms with van der Waals surface area (Å²) in [7, 11) is 0. The van der Waals surface area contributed by atoms with Gasteiger partial charge in [-0.25, -0.2) is 0 Å². The molecule has 0 aliphatic carbocycles. The van der Waals surface area contributed by atoms with Gasteiger partial charge in [0.1, 0.15) is 5.75 Å². The van der Waals surface area contributed by atoms with Crippen molar-refractivity contribution in [2.45, 2.75) is 43.8 Å². The van der Waals surface area contributed by atoms with E-state index in [9.17, 15) is 14.7 Å². The first-order valence-corrected chi connectivity index (χ1v) is 11.1. The lowest BCUT2D eigenvalue weighted by Crippen LogP contribution is -2.43. The minimum absolute atomic E-state index is 0.382. The zero-order valence-corrected chi connectivity index (χ0v) is 18.1. The molecule has 2 N–H and O–H groups in total. The van der Waals surface area contributed by atoms with Gasteiger partial charge >= 0.3 is 0 Å². The number of benzene rings is 2. The maximum absolute atomic E-state index is 12.3. The summed E-state index contributed by atoms with van der Waals surface area (Å²) in [5.74, 6) is -0.342. The van der Waals surface area contributed by atoms with E-state index in [1.165, 1.54) is 0 Å². The molecule has 0 spiro atoms. The van der Waals surface area contributed by atoms with Gasteiger partial charge in [0.05, 0.1) is 11.2 Å². The third-order valence-corrected chi connectivity index (χ3v) is 6.44. The second kappa shape index (κ2) is 9.39. The molecule has 2 amide bonds. The summed E-state index contributed by atoms with van der Waals surface area (Å²) >= 11 is 5.96. The fourth-order valence-corrected chi connectivity index (χ4v) is 4.40. The monoisotopic (exact) mass is 442 g/mol. The number of amides is 2. The van der Waals surface area contributed by atoms with Crippen LogP contribution in [-0.4, -0.2) is 47.6 Å². The van der Waals surface area contributed by atoms with E-state index in [1.54, 1.807) is 24.3 Å². The Labute approximate surface area is 187 Å². The number of carbonyl (C=O) groups is 2. The fraction of sp³-hybridized carbons (Fsp3) is 0.417. The number of aliphatic hydroxyl groups is 1. The SMILES string of the molecule is O=C1NC(=O)C(CCCCN2CCC(O)(c3ccc(Cl)cc3)CC2)Oc2ccccc21. The number of imide groups is 1. The van der Waals surface area contributed by atoms with Crippen LogP contribution >= 0.6 is 11.6 Å². The van der Waals surface area contributed by atoms with Crippen LogP contribution in [0.4, 0.5) is 0 Å². The summed E-state index contributed by atoms with van der Waals surface area (Å²) in [6.45, 7) is 2.55. The number of nitrogens with one attached hydrogen (secondary N) is 1. The first kappa shape index (κ1) is 21.8. The van der Waals surface area contributed by atoms with Crippen molar-refractivity contribution in [2.75, 3.05) is 19.6 Å². The quantitative estimate of drug-likeness (QED) is 0.528. The molecule has 0 radical (unpaired) electrons. The van der Waals surface area contributed by atoms with Gasteiger partial charge in [-0.1, -0.05) is 35.9 Å². The third-order valence-electron chi connectivity index (χ3n) is 6.19. The van der Waals surface area contributed by atoms with Gasteiger partial charge < -0.3 is 14.7 Å².